The predicted octanol–water partition coefficient (Wildman–Crippen LogP) is 0.626. The standard InChI is InChI=1S/C9H20NO2/c1-7(2)8(11)6-9(12)10(3,4)5/h7,9,12H,6H2,1-5H3/q+1. The van der Waals surface area contributed by atoms with Crippen LogP contribution in [0.5, 0.6) is 0 Å². The molecule has 0 bridgehead atoms. The van der Waals surface area contributed by atoms with Gasteiger partial charge in [0.25, 0.3) is 0 Å². The number of carbonyl (C=O) groups excluding carboxylic acids is 1. The van der Waals surface area contributed by atoms with Crippen LogP contribution in [0.4, 0.5) is 0 Å². The SMILES string of the molecule is CC(C)C(=O)CC(O)[N+](C)(C)C. The zero-order valence-corrected chi connectivity index (χ0v) is 8.66. The van der Waals surface area contributed by atoms with Gasteiger partial charge in [0.15, 0.2) is 6.23 Å². The molecule has 0 aromatic carbocycles. The second kappa shape index (κ2) is 4.01. The van der Waals surface area contributed by atoms with Gasteiger partial charge in [-0.25, -0.2) is 0 Å². The molecule has 0 fully saturated rings. The molecule has 0 heterocycles. The van der Waals surface area contributed by atoms with E-state index < -0.39 is 6.23 Å². The first-order valence-corrected chi connectivity index (χ1v) is 4.27. The molecule has 0 aliphatic carbocycles. The quantitative estimate of drug-likeness (QED) is 0.501. The fourth-order valence-electron chi connectivity index (χ4n) is 0.690. The normalized spacial score (nSPS) is 14.9. The number of carbonyl (C=O) groups is 1. The van der Waals surface area contributed by atoms with Crippen molar-refractivity contribution < 1.29 is 14.4 Å². The highest BCUT2D eigenvalue weighted by Gasteiger charge is 2.24. The van der Waals surface area contributed by atoms with Gasteiger partial charge >= 0.3 is 0 Å². The smallest absolute Gasteiger partial charge is 0.196 e. The summed E-state index contributed by atoms with van der Waals surface area (Å²) >= 11 is 0. The average Bonchev–Trinajstić information content (AvgIpc) is 1.85. The Morgan fingerprint density at radius 2 is 1.75 bits per heavy atom. The van der Waals surface area contributed by atoms with Crippen molar-refractivity contribution in [3.05, 3.63) is 0 Å². The highest BCUT2D eigenvalue weighted by atomic mass is 16.3. The van der Waals surface area contributed by atoms with Crippen LogP contribution in [0.25, 0.3) is 0 Å². The minimum Gasteiger partial charge on any atom is -0.344 e. The number of Topliss-reactive ketones (excluding diaryl/α,β-unsaturated/α-hetero) is 1. The Kier molecular flexibility index (Phi) is 3.87. The third-order valence-corrected chi connectivity index (χ3v) is 1.92. The first-order valence-electron chi connectivity index (χ1n) is 4.27. The number of hydrogen-bond acceptors (Lipinski definition) is 2. The highest BCUT2D eigenvalue weighted by molar-refractivity contribution is 5.80. The molecule has 0 saturated heterocycles. The molecule has 3 heteroatoms. The Hall–Kier alpha value is -0.410. The summed E-state index contributed by atoms with van der Waals surface area (Å²) in [6, 6.07) is 0. The molecule has 1 unspecified atom stereocenters. The number of quaternary nitrogens is 1. The van der Waals surface area contributed by atoms with E-state index in [0.717, 1.165) is 0 Å². The Morgan fingerprint density at radius 1 is 1.33 bits per heavy atom. The second-order valence-electron chi connectivity index (χ2n) is 4.42. The van der Waals surface area contributed by atoms with Gasteiger partial charge in [0.2, 0.25) is 0 Å². The van der Waals surface area contributed by atoms with Gasteiger partial charge < -0.3 is 9.59 Å². The van der Waals surface area contributed by atoms with Crippen LogP contribution >= 0.6 is 0 Å². The van der Waals surface area contributed by atoms with E-state index in [1.165, 1.54) is 0 Å². The highest BCUT2D eigenvalue weighted by Crippen LogP contribution is 2.08. The van der Waals surface area contributed by atoms with Crippen molar-refractivity contribution in [2.75, 3.05) is 21.1 Å². The summed E-state index contributed by atoms with van der Waals surface area (Å²) in [5, 5.41) is 9.56. The van der Waals surface area contributed by atoms with Gasteiger partial charge in [0.1, 0.15) is 5.78 Å². The van der Waals surface area contributed by atoms with Gasteiger partial charge in [-0.1, -0.05) is 13.8 Å². The van der Waals surface area contributed by atoms with Gasteiger partial charge in [-0.05, 0) is 0 Å². The molecule has 1 atom stereocenters. The van der Waals surface area contributed by atoms with E-state index in [1.54, 1.807) is 0 Å². The lowest BCUT2D eigenvalue weighted by Gasteiger charge is -2.29. The van der Waals surface area contributed by atoms with Crippen molar-refractivity contribution >= 4 is 5.78 Å². The fourth-order valence-corrected chi connectivity index (χ4v) is 0.690. The predicted molar refractivity (Wildman–Crippen MR) is 48.5 cm³/mol. The van der Waals surface area contributed by atoms with E-state index in [9.17, 15) is 9.90 Å². The van der Waals surface area contributed by atoms with Crippen LogP contribution < -0.4 is 0 Å². The van der Waals surface area contributed by atoms with E-state index in [1.807, 2.05) is 35.0 Å². The van der Waals surface area contributed by atoms with Crippen molar-refractivity contribution in [2.24, 2.45) is 5.92 Å². The summed E-state index contributed by atoms with van der Waals surface area (Å²) in [6.45, 7) is 3.70. The summed E-state index contributed by atoms with van der Waals surface area (Å²) in [5.41, 5.74) is 0. The fraction of sp³-hybridized carbons (Fsp3) is 0.889. The molecule has 72 valence electrons. The Labute approximate surface area is 74.6 Å². The zero-order chi connectivity index (χ0) is 9.94. The van der Waals surface area contributed by atoms with Gasteiger partial charge in [-0.2, -0.15) is 0 Å². The number of aliphatic hydroxyl groups is 1. The number of aliphatic hydroxyl groups excluding tert-OH is 1. The van der Waals surface area contributed by atoms with Gasteiger partial charge in [-0.3, -0.25) is 4.79 Å². The van der Waals surface area contributed by atoms with Gasteiger partial charge in [-0.15, -0.1) is 0 Å². The first-order chi connectivity index (χ1) is 5.25. The number of rotatable bonds is 4. The lowest BCUT2D eigenvalue weighted by atomic mass is 10.1. The van der Waals surface area contributed by atoms with Crippen LogP contribution in [0.3, 0.4) is 0 Å². The molecule has 0 amide bonds. The molecular weight excluding hydrogens is 154 g/mol. The molecule has 0 saturated carbocycles. The lowest BCUT2D eigenvalue weighted by molar-refractivity contribution is -0.918. The maximum Gasteiger partial charge on any atom is 0.196 e. The topological polar surface area (TPSA) is 37.3 Å². The van der Waals surface area contributed by atoms with Crippen LogP contribution in [0.1, 0.15) is 20.3 Å². The van der Waals surface area contributed by atoms with Crippen molar-refractivity contribution in [1.29, 1.82) is 0 Å². The van der Waals surface area contributed by atoms with Gasteiger partial charge in [0.05, 0.1) is 27.6 Å². The molecule has 0 aliphatic rings. The summed E-state index contributed by atoms with van der Waals surface area (Å²) in [6.07, 6.45) is -0.332. The first kappa shape index (κ1) is 11.6. The Bertz CT molecular complexity index is 158. The van der Waals surface area contributed by atoms with Crippen molar-refractivity contribution in [2.45, 2.75) is 26.5 Å². The monoisotopic (exact) mass is 174 g/mol. The third-order valence-electron chi connectivity index (χ3n) is 1.92. The minimum absolute atomic E-state index is 0.0196. The third kappa shape index (κ3) is 3.83. The maximum atomic E-state index is 11.2. The lowest BCUT2D eigenvalue weighted by Crippen LogP contribution is -2.46. The Balaban J connectivity index is 4.02. The molecule has 0 aromatic rings. The maximum absolute atomic E-state index is 11.2. The molecule has 0 aliphatic heterocycles. The van der Waals surface area contributed by atoms with Crippen molar-refractivity contribution in [1.82, 2.24) is 0 Å². The summed E-state index contributed by atoms with van der Waals surface area (Å²) in [4.78, 5) is 11.2. The molecule has 0 aromatic heterocycles. The summed E-state index contributed by atoms with van der Waals surface area (Å²) in [7, 11) is 5.62. The van der Waals surface area contributed by atoms with E-state index in [-0.39, 0.29) is 18.1 Å². The average molecular weight is 174 g/mol. The largest absolute Gasteiger partial charge is 0.344 e. The van der Waals surface area contributed by atoms with Crippen molar-refractivity contribution in [3.63, 3.8) is 0 Å². The van der Waals surface area contributed by atoms with Crippen LogP contribution in [0.2, 0.25) is 0 Å². The molecule has 1 N–H and O–H groups in total. The number of ketones is 1. The summed E-state index contributed by atoms with van der Waals surface area (Å²) < 4.78 is 0.415. The van der Waals surface area contributed by atoms with E-state index in [0.29, 0.717) is 4.48 Å². The molecule has 0 rings (SSSR count). The van der Waals surface area contributed by atoms with E-state index in [4.69, 9.17) is 0 Å². The Morgan fingerprint density at radius 3 is 2.00 bits per heavy atom. The van der Waals surface area contributed by atoms with E-state index >= 15 is 0 Å². The second-order valence-corrected chi connectivity index (χ2v) is 4.42. The van der Waals surface area contributed by atoms with Crippen molar-refractivity contribution in [3.8, 4) is 0 Å². The van der Waals surface area contributed by atoms with E-state index in [2.05, 4.69) is 0 Å². The minimum atomic E-state index is -0.583. The molecular formula is C9H20NO2+. The molecule has 12 heavy (non-hydrogen) atoms. The van der Waals surface area contributed by atoms with Crippen LogP contribution in [-0.2, 0) is 4.79 Å². The number of hydrogen-bond donors (Lipinski definition) is 1. The molecule has 3 nitrogen and oxygen atoms in total. The van der Waals surface area contributed by atoms with Crippen LogP contribution in [0, 0.1) is 5.92 Å². The molecule has 0 spiro atoms. The summed E-state index contributed by atoms with van der Waals surface area (Å²) in [5.74, 6) is 0.141. The van der Waals surface area contributed by atoms with Crippen LogP contribution in [-0.4, -0.2) is 42.7 Å². The van der Waals surface area contributed by atoms with Crippen LogP contribution in [0.15, 0.2) is 0 Å². The van der Waals surface area contributed by atoms with Gasteiger partial charge in [0, 0.05) is 5.92 Å². The zero-order valence-electron chi connectivity index (χ0n) is 8.66. The number of nitrogens with zero attached hydrogens (tertiary/aromatic N) is 1. The molecule has 0 radical (unpaired) electrons.